The molecule has 0 unspecified atom stereocenters. The second kappa shape index (κ2) is 7.65. The molecule has 1 heterocycles. The molecule has 0 spiro atoms. The Morgan fingerprint density at radius 1 is 1.33 bits per heavy atom. The minimum absolute atomic E-state index is 0.0158. The molecule has 7 heteroatoms. The van der Waals surface area contributed by atoms with Crippen molar-refractivity contribution in [1.29, 1.82) is 0 Å². The number of benzene rings is 1. The smallest absolute Gasteiger partial charge is 0.434 e. The van der Waals surface area contributed by atoms with Crippen LogP contribution in [0.2, 0.25) is 0 Å². The largest absolute Gasteiger partial charge is 0.508 e. The van der Waals surface area contributed by atoms with Crippen molar-refractivity contribution in [2.75, 3.05) is 6.54 Å². The Balaban J connectivity index is 1.76. The van der Waals surface area contributed by atoms with E-state index in [4.69, 9.17) is 0 Å². The molecule has 1 aliphatic carbocycles. The highest BCUT2D eigenvalue weighted by atomic mass is 19.4. The molecular weight excluding hydrogens is 355 g/mol. The summed E-state index contributed by atoms with van der Waals surface area (Å²) in [7, 11) is 0. The van der Waals surface area contributed by atoms with E-state index in [1.54, 1.807) is 26.0 Å². The lowest BCUT2D eigenvalue weighted by Crippen LogP contribution is -2.13. The summed E-state index contributed by atoms with van der Waals surface area (Å²) in [4.78, 5) is 3.75. The highest BCUT2D eigenvalue weighted by molar-refractivity contribution is 5.60. The number of phenols is 1. The van der Waals surface area contributed by atoms with Crippen molar-refractivity contribution in [1.82, 2.24) is 14.9 Å². The Hall–Kier alpha value is -2.46. The van der Waals surface area contributed by atoms with Crippen molar-refractivity contribution in [2.24, 2.45) is 5.92 Å². The molecular formula is C20H22F3N3O. The number of hydrogen-bond donors (Lipinski definition) is 2. The first kappa shape index (κ1) is 19.3. The van der Waals surface area contributed by atoms with Gasteiger partial charge in [0, 0.05) is 35.8 Å². The maximum atomic E-state index is 13.0. The molecule has 1 fully saturated rings. The number of nitrogens with one attached hydrogen (secondary N) is 1. The Kier molecular flexibility index (Phi) is 5.47. The average Bonchev–Trinajstić information content (AvgIpc) is 3.29. The van der Waals surface area contributed by atoms with Crippen LogP contribution in [0.3, 0.4) is 0 Å². The molecule has 1 aliphatic rings. The molecule has 1 aromatic carbocycles. The number of imidazole rings is 1. The fourth-order valence-corrected chi connectivity index (χ4v) is 2.67. The molecule has 0 aliphatic heterocycles. The molecule has 2 N–H and O–H groups in total. The number of aromatic hydroxyl groups is 1. The Morgan fingerprint density at radius 2 is 2.07 bits per heavy atom. The van der Waals surface area contributed by atoms with Gasteiger partial charge in [0.05, 0.1) is 6.54 Å². The van der Waals surface area contributed by atoms with Gasteiger partial charge < -0.3 is 15.0 Å². The first-order valence-corrected chi connectivity index (χ1v) is 8.93. The van der Waals surface area contributed by atoms with E-state index in [1.165, 1.54) is 23.5 Å². The van der Waals surface area contributed by atoms with Gasteiger partial charge in [0.2, 0.25) is 0 Å². The second-order valence-corrected chi connectivity index (χ2v) is 6.99. The monoisotopic (exact) mass is 377 g/mol. The minimum Gasteiger partial charge on any atom is -0.508 e. The van der Waals surface area contributed by atoms with Crippen molar-refractivity contribution in [3.8, 4) is 29.0 Å². The molecule has 27 heavy (non-hydrogen) atoms. The summed E-state index contributed by atoms with van der Waals surface area (Å²) < 4.78 is 40.5. The average molecular weight is 377 g/mol. The second-order valence-electron chi connectivity index (χ2n) is 6.99. The SMILES string of the molecule is CC(C)n1cc(C(F)(F)F)nc1-c1ccc(CNCC#CC2CC2)c(O)c1. The quantitative estimate of drug-likeness (QED) is 0.601. The number of hydrogen-bond acceptors (Lipinski definition) is 3. The van der Waals surface area contributed by atoms with Gasteiger partial charge in [0.25, 0.3) is 0 Å². The number of halogens is 3. The van der Waals surface area contributed by atoms with E-state index in [-0.39, 0.29) is 17.6 Å². The van der Waals surface area contributed by atoms with Gasteiger partial charge in [0.1, 0.15) is 11.6 Å². The van der Waals surface area contributed by atoms with E-state index in [1.807, 2.05) is 0 Å². The third-order valence-electron chi connectivity index (χ3n) is 4.33. The molecule has 0 saturated heterocycles. The fourth-order valence-electron chi connectivity index (χ4n) is 2.67. The molecule has 0 bridgehead atoms. The van der Waals surface area contributed by atoms with Crippen molar-refractivity contribution in [3.63, 3.8) is 0 Å². The van der Waals surface area contributed by atoms with Gasteiger partial charge in [-0.05, 0) is 32.8 Å². The normalized spacial score (nSPS) is 14.3. The summed E-state index contributed by atoms with van der Waals surface area (Å²) in [6.07, 6.45) is -1.15. The van der Waals surface area contributed by atoms with Gasteiger partial charge in [-0.1, -0.05) is 24.0 Å². The van der Waals surface area contributed by atoms with Gasteiger partial charge >= 0.3 is 6.18 Å². The molecule has 0 amide bonds. The van der Waals surface area contributed by atoms with Crippen LogP contribution in [-0.2, 0) is 12.7 Å². The van der Waals surface area contributed by atoms with E-state index < -0.39 is 11.9 Å². The van der Waals surface area contributed by atoms with Gasteiger partial charge in [-0.15, -0.1) is 0 Å². The summed E-state index contributed by atoms with van der Waals surface area (Å²) in [6.45, 7) is 4.53. The fraction of sp³-hybridized carbons (Fsp3) is 0.450. The molecule has 1 saturated carbocycles. The van der Waals surface area contributed by atoms with Crippen LogP contribution in [0, 0.1) is 17.8 Å². The van der Waals surface area contributed by atoms with Crippen LogP contribution in [0.15, 0.2) is 24.4 Å². The lowest BCUT2D eigenvalue weighted by molar-refractivity contribution is -0.140. The van der Waals surface area contributed by atoms with Crippen LogP contribution in [0.25, 0.3) is 11.4 Å². The van der Waals surface area contributed by atoms with Gasteiger partial charge in [-0.3, -0.25) is 0 Å². The maximum absolute atomic E-state index is 13.0. The molecule has 4 nitrogen and oxygen atoms in total. The van der Waals surface area contributed by atoms with Gasteiger partial charge in [0.15, 0.2) is 5.69 Å². The summed E-state index contributed by atoms with van der Waals surface area (Å²) in [6, 6.07) is 4.62. The number of rotatable bonds is 5. The summed E-state index contributed by atoms with van der Waals surface area (Å²) in [5.41, 5.74) is 0.158. The standard InChI is InChI=1S/C20H22F3N3O/c1-13(2)26-12-18(20(21,22)23)25-19(26)15-7-8-16(17(27)10-15)11-24-9-3-4-14-5-6-14/h7-8,10,12-14,24,27H,5-6,9,11H2,1-2H3. The molecule has 144 valence electrons. The van der Waals surface area contributed by atoms with E-state index in [9.17, 15) is 18.3 Å². The predicted molar refractivity (Wildman–Crippen MR) is 96.9 cm³/mol. The van der Waals surface area contributed by atoms with Crippen LogP contribution in [0.4, 0.5) is 13.2 Å². The Bertz CT molecular complexity index is 871. The molecule has 3 rings (SSSR count). The molecule has 1 aromatic heterocycles. The molecule has 2 aromatic rings. The summed E-state index contributed by atoms with van der Waals surface area (Å²) in [5.74, 6) is 6.94. The predicted octanol–water partition coefficient (Wildman–Crippen LogP) is 4.36. The molecule has 0 radical (unpaired) electrons. The lowest BCUT2D eigenvalue weighted by Gasteiger charge is -2.12. The Morgan fingerprint density at radius 3 is 2.67 bits per heavy atom. The third kappa shape index (κ3) is 4.83. The minimum atomic E-state index is -4.51. The topological polar surface area (TPSA) is 50.1 Å². The van der Waals surface area contributed by atoms with Crippen molar-refractivity contribution in [3.05, 3.63) is 35.7 Å². The first-order chi connectivity index (χ1) is 12.8. The van der Waals surface area contributed by atoms with E-state index in [0.29, 0.717) is 30.1 Å². The van der Waals surface area contributed by atoms with Crippen LogP contribution in [0.5, 0.6) is 5.75 Å². The van der Waals surface area contributed by atoms with Gasteiger partial charge in [-0.2, -0.15) is 13.2 Å². The van der Waals surface area contributed by atoms with E-state index in [2.05, 4.69) is 22.1 Å². The maximum Gasteiger partial charge on any atom is 0.434 e. The highest BCUT2D eigenvalue weighted by Crippen LogP contribution is 2.34. The summed E-state index contributed by atoms with van der Waals surface area (Å²) >= 11 is 0. The number of aromatic nitrogens is 2. The van der Waals surface area contributed by atoms with Crippen LogP contribution in [0.1, 0.15) is 44.0 Å². The van der Waals surface area contributed by atoms with Crippen molar-refractivity contribution < 1.29 is 18.3 Å². The Labute approximate surface area is 156 Å². The number of phenolic OH excluding ortho intramolecular Hbond substituents is 1. The highest BCUT2D eigenvalue weighted by Gasteiger charge is 2.35. The number of nitrogens with zero attached hydrogens (tertiary/aromatic N) is 2. The van der Waals surface area contributed by atoms with E-state index in [0.717, 1.165) is 6.20 Å². The zero-order valence-electron chi connectivity index (χ0n) is 15.3. The summed E-state index contributed by atoms with van der Waals surface area (Å²) in [5, 5.41) is 13.4. The zero-order chi connectivity index (χ0) is 19.6. The first-order valence-electron chi connectivity index (χ1n) is 8.93. The van der Waals surface area contributed by atoms with Gasteiger partial charge in [-0.25, -0.2) is 4.98 Å². The lowest BCUT2D eigenvalue weighted by atomic mass is 10.1. The van der Waals surface area contributed by atoms with Crippen LogP contribution >= 0.6 is 0 Å². The van der Waals surface area contributed by atoms with Crippen LogP contribution < -0.4 is 5.32 Å². The van der Waals surface area contributed by atoms with E-state index >= 15 is 0 Å². The zero-order valence-corrected chi connectivity index (χ0v) is 15.3. The third-order valence-corrected chi connectivity index (χ3v) is 4.33. The number of alkyl halides is 3. The van der Waals surface area contributed by atoms with Crippen molar-refractivity contribution in [2.45, 2.75) is 45.5 Å². The van der Waals surface area contributed by atoms with Crippen molar-refractivity contribution >= 4 is 0 Å². The molecule has 0 atom stereocenters. The van der Waals surface area contributed by atoms with Crippen LogP contribution in [-0.4, -0.2) is 21.2 Å².